The van der Waals surface area contributed by atoms with Crippen molar-refractivity contribution in [2.24, 2.45) is 0 Å². The molecule has 2 nitrogen and oxygen atoms in total. The van der Waals surface area contributed by atoms with E-state index in [9.17, 15) is 0 Å². The molecular weight excluding hydrogens is 342 g/mol. The van der Waals surface area contributed by atoms with Crippen molar-refractivity contribution in [2.45, 2.75) is 61.0 Å². The van der Waals surface area contributed by atoms with Gasteiger partial charge in [0.05, 0.1) is 5.69 Å². The quantitative estimate of drug-likeness (QED) is 0.480. The van der Waals surface area contributed by atoms with E-state index in [1.807, 2.05) is 0 Å². The van der Waals surface area contributed by atoms with Crippen molar-refractivity contribution in [3.63, 3.8) is 0 Å². The van der Waals surface area contributed by atoms with Gasteiger partial charge >= 0.3 is 0 Å². The minimum absolute atomic E-state index is 0.546. The Bertz CT molecular complexity index is 922. The van der Waals surface area contributed by atoms with Crippen LogP contribution in [-0.2, 0) is 19.4 Å². The number of benzene rings is 2. The number of aryl methyl sites for hydroxylation is 6. The van der Waals surface area contributed by atoms with E-state index in [0.29, 0.717) is 6.61 Å². The van der Waals surface area contributed by atoms with Gasteiger partial charge in [0.2, 0.25) is 0 Å². The maximum Gasteiger partial charge on any atom is 0.120 e. The fourth-order valence-electron chi connectivity index (χ4n) is 3.95. The van der Waals surface area contributed by atoms with E-state index in [2.05, 4.69) is 84.0 Å². The molecule has 28 heavy (non-hydrogen) atoms. The van der Waals surface area contributed by atoms with E-state index < -0.39 is 0 Å². The molecule has 0 amide bonds. The number of pyridine rings is 1. The van der Waals surface area contributed by atoms with Crippen LogP contribution in [0.1, 0.15) is 52.9 Å². The molecule has 0 saturated carbocycles. The Kier molecular flexibility index (Phi) is 6.18. The minimum Gasteiger partial charge on any atom is -0.489 e. The standard InChI is InChI=1S/C26H31NO/c1-7-21-10-9-11-22(8-2)26(21)25-15-19(5)24(20(6)27-25)16-28-23-13-17(3)12-18(4)14-23/h9-15H,7-8,16H2,1-6H3. The Labute approximate surface area is 169 Å². The number of ether oxygens (including phenoxy) is 1. The molecule has 0 bridgehead atoms. The van der Waals surface area contributed by atoms with Crippen LogP contribution in [0.5, 0.6) is 5.75 Å². The molecule has 146 valence electrons. The summed E-state index contributed by atoms with van der Waals surface area (Å²) in [5, 5.41) is 0. The van der Waals surface area contributed by atoms with Crippen molar-refractivity contribution in [2.75, 3.05) is 0 Å². The lowest BCUT2D eigenvalue weighted by Crippen LogP contribution is -2.05. The molecule has 0 unspecified atom stereocenters. The first kappa shape index (κ1) is 20.1. The summed E-state index contributed by atoms with van der Waals surface area (Å²) in [5.74, 6) is 0.921. The van der Waals surface area contributed by atoms with E-state index in [4.69, 9.17) is 9.72 Å². The summed E-state index contributed by atoms with van der Waals surface area (Å²) in [6.45, 7) is 13.4. The summed E-state index contributed by atoms with van der Waals surface area (Å²) in [5.41, 5.74) is 11.0. The number of nitrogens with zero attached hydrogens (tertiary/aromatic N) is 1. The van der Waals surface area contributed by atoms with Gasteiger partial charge in [0.25, 0.3) is 0 Å². The third kappa shape index (κ3) is 4.27. The van der Waals surface area contributed by atoms with Crippen LogP contribution in [0.4, 0.5) is 0 Å². The largest absolute Gasteiger partial charge is 0.489 e. The first-order valence-electron chi connectivity index (χ1n) is 10.2. The zero-order valence-electron chi connectivity index (χ0n) is 18.0. The molecule has 0 spiro atoms. The van der Waals surface area contributed by atoms with Crippen LogP contribution in [-0.4, -0.2) is 4.98 Å². The highest BCUT2D eigenvalue weighted by molar-refractivity contribution is 5.69. The normalized spacial score (nSPS) is 10.9. The van der Waals surface area contributed by atoms with Crippen LogP contribution in [0.15, 0.2) is 42.5 Å². The summed E-state index contributed by atoms with van der Waals surface area (Å²) in [7, 11) is 0. The predicted molar refractivity (Wildman–Crippen MR) is 118 cm³/mol. The highest BCUT2D eigenvalue weighted by Crippen LogP contribution is 2.30. The van der Waals surface area contributed by atoms with Crippen LogP contribution in [0, 0.1) is 27.7 Å². The molecule has 0 aliphatic heterocycles. The summed E-state index contributed by atoms with van der Waals surface area (Å²) in [6.07, 6.45) is 2.03. The average Bonchev–Trinajstić information content (AvgIpc) is 2.65. The monoisotopic (exact) mass is 373 g/mol. The second-order valence-corrected chi connectivity index (χ2v) is 7.66. The highest BCUT2D eigenvalue weighted by atomic mass is 16.5. The molecule has 3 aromatic rings. The second kappa shape index (κ2) is 8.60. The van der Waals surface area contributed by atoms with Gasteiger partial charge in [-0.1, -0.05) is 38.1 Å². The SMILES string of the molecule is CCc1cccc(CC)c1-c1cc(C)c(COc2cc(C)cc(C)c2)c(C)n1. The van der Waals surface area contributed by atoms with Gasteiger partial charge in [-0.2, -0.15) is 0 Å². The summed E-state index contributed by atoms with van der Waals surface area (Å²) >= 11 is 0. The topological polar surface area (TPSA) is 22.1 Å². The summed E-state index contributed by atoms with van der Waals surface area (Å²) < 4.78 is 6.11. The highest BCUT2D eigenvalue weighted by Gasteiger charge is 2.14. The summed E-state index contributed by atoms with van der Waals surface area (Å²) in [4.78, 5) is 4.99. The van der Waals surface area contributed by atoms with E-state index in [1.54, 1.807) is 0 Å². The number of hydrogen-bond donors (Lipinski definition) is 0. The van der Waals surface area contributed by atoms with Crippen molar-refractivity contribution < 1.29 is 4.74 Å². The Morgan fingerprint density at radius 3 is 1.96 bits per heavy atom. The maximum absolute atomic E-state index is 6.11. The van der Waals surface area contributed by atoms with Gasteiger partial charge < -0.3 is 4.74 Å². The van der Waals surface area contributed by atoms with E-state index in [0.717, 1.165) is 30.0 Å². The fraction of sp³-hybridized carbons (Fsp3) is 0.346. The Balaban J connectivity index is 1.94. The van der Waals surface area contributed by atoms with Gasteiger partial charge in [-0.25, -0.2) is 0 Å². The van der Waals surface area contributed by atoms with Gasteiger partial charge in [0, 0.05) is 16.8 Å². The van der Waals surface area contributed by atoms with Crippen LogP contribution in [0.25, 0.3) is 11.3 Å². The predicted octanol–water partition coefficient (Wildman–Crippen LogP) is 6.69. The molecule has 0 atom stereocenters. The third-order valence-electron chi connectivity index (χ3n) is 5.39. The van der Waals surface area contributed by atoms with Gasteiger partial charge in [-0.15, -0.1) is 0 Å². The first-order valence-corrected chi connectivity index (χ1v) is 10.2. The zero-order chi connectivity index (χ0) is 20.3. The smallest absolute Gasteiger partial charge is 0.120 e. The fourth-order valence-corrected chi connectivity index (χ4v) is 3.95. The van der Waals surface area contributed by atoms with Crippen molar-refractivity contribution in [3.8, 4) is 17.0 Å². The molecule has 0 radical (unpaired) electrons. The zero-order valence-corrected chi connectivity index (χ0v) is 18.0. The van der Waals surface area contributed by atoms with Crippen LogP contribution in [0.2, 0.25) is 0 Å². The number of rotatable bonds is 6. The van der Waals surface area contributed by atoms with Crippen molar-refractivity contribution in [1.29, 1.82) is 0 Å². The molecule has 3 rings (SSSR count). The number of aromatic nitrogens is 1. The van der Waals surface area contributed by atoms with E-state index in [-0.39, 0.29) is 0 Å². The Morgan fingerprint density at radius 1 is 0.821 bits per heavy atom. The van der Waals surface area contributed by atoms with Gasteiger partial charge in [-0.3, -0.25) is 4.98 Å². The second-order valence-electron chi connectivity index (χ2n) is 7.66. The van der Waals surface area contributed by atoms with Crippen molar-refractivity contribution in [3.05, 3.63) is 81.5 Å². The van der Waals surface area contributed by atoms with Crippen LogP contribution >= 0.6 is 0 Å². The lowest BCUT2D eigenvalue weighted by Gasteiger charge is -2.17. The Morgan fingerprint density at radius 2 is 1.43 bits per heavy atom. The van der Waals surface area contributed by atoms with Crippen LogP contribution < -0.4 is 4.74 Å². The van der Waals surface area contributed by atoms with Gasteiger partial charge in [0.1, 0.15) is 12.4 Å². The summed E-state index contributed by atoms with van der Waals surface area (Å²) in [6, 6.07) is 15.2. The molecule has 1 aromatic heterocycles. The lowest BCUT2D eigenvalue weighted by atomic mass is 9.93. The van der Waals surface area contributed by atoms with E-state index in [1.165, 1.54) is 38.9 Å². The molecular formula is C26H31NO. The van der Waals surface area contributed by atoms with E-state index >= 15 is 0 Å². The molecule has 0 saturated heterocycles. The first-order chi connectivity index (χ1) is 13.4. The molecule has 1 heterocycles. The van der Waals surface area contributed by atoms with Crippen molar-refractivity contribution >= 4 is 0 Å². The van der Waals surface area contributed by atoms with Crippen LogP contribution in [0.3, 0.4) is 0 Å². The Hall–Kier alpha value is -2.61. The number of hydrogen-bond acceptors (Lipinski definition) is 2. The molecule has 0 aliphatic rings. The molecule has 2 heteroatoms. The maximum atomic E-state index is 6.11. The third-order valence-corrected chi connectivity index (χ3v) is 5.39. The average molecular weight is 374 g/mol. The molecule has 0 N–H and O–H groups in total. The minimum atomic E-state index is 0.546. The molecule has 0 aliphatic carbocycles. The van der Waals surface area contributed by atoms with Gasteiger partial charge in [-0.05, 0) is 86.6 Å². The lowest BCUT2D eigenvalue weighted by molar-refractivity contribution is 0.303. The molecule has 2 aromatic carbocycles. The van der Waals surface area contributed by atoms with Crippen molar-refractivity contribution in [1.82, 2.24) is 4.98 Å². The molecule has 0 fully saturated rings. The van der Waals surface area contributed by atoms with Gasteiger partial charge in [0.15, 0.2) is 0 Å².